The Bertz CT molecular complexity index is 624. The number of hydrogen-bond acceptors (Lipinski definition) is 4. The third-order valence-corrected chi connectivity index (χ3v) is 2.61. The summed E-state index contributed by atoms with van der Waals surface area (Å²) in [7, 11) is 0. The number of carbonyl (C=O) groups is 1. The van der Waals surface area contributed by atoms with Gasteiger partial charge in [-0.05, 0) is 18.2 Å². The van der Waals surface area contributed by atoms with E-state index in [0.717, 1.165) is 0 Å². The Morgan fingerprint density at radius 3 is 2.95 bits per heavy atom. The fourth-order valence-corrected chi connectivity index (χ4v) is 1.64. The number of carbonyl (C=O) groups excluding carboxylic acids is 1. The second kappa shape index (κ2) is 5.40. The van der Waals surface area contributed by atoms with Gasteiger partial charge in [-0.1, -0.05) is 16.8 Å². The number of amidine groups is 1. The van der Waals surface area contributed by atoms with Crippen molar-refractivity contribution in [3.05, 3.63) is 46.7 Å². The van der Waals surface area contributed by atoms with E-state index in [0.29, 0.717) is 21.8 Å². The van der Waals surface area contributed by atoms with Gasteiger partial charge < -0.3 is 16.3 Å². The first-order valence-electron chi connectivity index (χ1n) is 5.19. The molecule has 2 aromatic rings. The molecule has 0 atom stereocenters. The van der Waals surface area contributed by atoms with E-state index in [1.807, 2.05) is 0 Å². The van der Waals surface area contributed by atoms with Gasteiger partial charge in [0.05, 0.1) is 17.4 Å². The molecule has 5 N–H and O–H groups in total. The van der Waals surface area contributed by atoms with Crippen molar-refractivity contribution in [3.8, 4) is 0 Å². The van der Waals surface area contributed by atoms with E-state index in [9.17, 15) is 4.79 Å². The van der Waals surface area contributed by atoms with E-state index in [1.54, 1.807) is 12.1 Å². The summed E-state index contributed by atoms with van der Waals surface area (Å²) in [5.41, 5.74) is 6.59. The van der Waals surface area contributed by atoms with Gasteiger partial charge in [-0.2, -0.15) is 5.10 Å². The van der Waals surface area contributed by atoms with Gasteiger partial charge in [0.25, 0.3) is 5.91 Å². The summed E-state index contributed by atoms with van der Waals surface area (Å²) in [4.78, 5) is 11.9. The summed E-state index contributed by atoms with van der Waals surface area (Å²) in [5.74, 6) is -0.512. The molecule has 0 aliphatic carbocycles. The zero-order valence-electron chi connectivity index (χ0n) is 9.59. The minimum absolute atomic E-state index is 0.126. The standard InChI is InChI=1S/C11H10ClN5O2/c12-7-1-2-8(10(13)17-19)9(3-7)16-11(18)6-4-14-15-5-6/h1-5,19H,(H2,13,17)(H,14,15)(H,16,18). The van der Waals surface area contributed by atoms with Crippen molar-refractivity contribution in [1.82, 2.24) is 10.2 Å². The number of benzene rings is 1. The molecule has 0 saturated heterocycles. The summed E-state index contributed by atoms with van der Waals surface area (Å²) in [5, 5.41) is 20.8. The number of H-pyrrole nitrogens is 1. The number of oxime groups is 1. The van der Waals surface area contributed by atoms with Crippen LogP contribution in [-0.4, -0.2) is 27.1 Å². The Balaban J connectivity index is 2.33. The lowest BCUT2D eigenvalue weighted by molar-refractivity contribution is 0.102. The van der Waals surface area contributed by atoms with Crippen LogP contribution in [-0.2, 0) is 0 Å². The van der Waals surface area contributed by atoms with Crippen LogP contribution < -0.4 is 11.1 Å². The molecule has 0 radical (unpaired) electrons. The van der Waals surface area contributed by atoms with Gasteiger partial charge in [0, 0.05) is 16.8 Å². The second-order valence-electron chi connectivity index (χ2n) is 3.62. The van der Waals surface area contributed by atoms with Gasteiger partial charge >= 0.3 is 0 Å². The molecule has 0 bridgehead atoms. The number of nitrogens with zero attached hydrogens (tertiary/aromatic N) is 2. The van der Waals surface area contributed by atoms with Crippen LogP contribution in [0, 0.1) is 0 Å². The SMILES string of the molecule is NC(=NO)c1ccc(Cl)cc1NC(=O)c1cn[nH]c1. The van der Waals surface area contributed by atoms with Crippen LogP contribution in [0.3, 0.4) is 0 Å². The Labute approximate surface area is 113 Å². The van der Waals surface area contributed by atoms with E-state index in [1.165, 1.54) is 18.5 Å². The molecule has 19 heavy (non-hydrogen) atoms. The first kappa shape index (κ1) is 12.9. The molecule has 1 aromatic heterocycles. The fourth-order valence-electron chi connectivity index (χ4n) is 1.47. The number of aromatic amines is 1. The van der Waals surface area contributed by atoms with Crippen molar-refractivity contribution in [3.63, 3.8) is 0 Å². The minimum Gasteiger partial charge on any atom is -0.409 e. The highest BCUT2D eigenvalue weighted by Gasteiger charge is 2.13. The number of rotatable bonds is 3. The van der Waals surface area contributed by atoms with E-state index >= 15 is 0 Å². The topological polar surface area (TPSA) is 116 Å². The van der Waals surface area contributed by atoms with Crippen molar-refractivity contribution < 1.29 is 10.0 Å². The van der Waals surface area contributed by atoms with Crippen LogP contribution in [0.25, 0.3) is 0 Å². The Morgan fingerprint density at radius 2 is 2.32 bits per heavy atom. The molecule has 0 unspecified atom stereocenters. The number of anilines is 1. The molecule has 8 heteroatoms. The smallest absolute Gasteiger partial charge is 0.258 e. The zero-order chi connectivity index (χ0) is 13.8. The quantitative estimate of drug-likeness (QED) is 0.294. The van der Waals surface area contributed by atoms with Gasteiger partial charge in [0.15, 0.2) is 5.84 Å². The number of halogens is 1. The average Bonchev–Trinajstić information content (AvgIpc) is 2.92. The summed E-state index contributed by atoms with van der Waals surface area (Å²) in [6.07, 6.45) is 2.83. The Morgan fingerprint density at radius 1 is 1.53 bits per heavy atom. The van der Waals surface area contributed by atoms with Crippen LogP contribution >= 0.6 is 11.6 Å². The zero-order valence-corrected chi connectivity index (χ0v) is 10.3. The number of nitrogens with two attached hydrogens (primary N) is 1. The maximum Gasteiger partial charge on any atom is 0.258 e. The van der Waals surface area contributed by atoms with E-state index in [2.05, 4.69) is 20.7 Å². The lowest BCUT2D eigenvalue weighted by Crippen LogP contribution is -2.19. The molecule has 0 spiro atoms. The monoisotopic (exact) mass is 279 g/mol. The summed E-state index contributed by atoms with van der Waals surface area (Å²) < 4.78 is 0. The molecule has 0 aliphatic rings. The lowest BCUT2D eigenvalue weighted by Gasteiger charge is -2.09. The van der Waals surface area contributed by atoms with Gasteiger partial charge in [-0.3, -0.25) is 9.89 Å². The maximum atomic E-state index is 11.9. The predicted molar refractivity (Wildman–Crippen MR) is 70.5 cm³/mol. The highest BCUT2D eigenvalue weighted by atomic mass is 35.5. The first-order valence-corrected chi connectivity index (χ1v) is 5.57. The molecule has 98 valence electrons. The molecule has 0 saturated carbocycles. The van der Waals surface area contributed by atoms with Crippen molar-refractivity contribution in [2.45, 2.75) is 0 Å². The Kier molecular flexibility index (Phi) is 3.67. The minimum atomic E-state index is -0.386. The third-order valence-electron chi connectivity index (χ3n) is 2.37. The molecule has 2 rings (SSSR count). The van der Waals surface area contributed by atoms with Crippen LogP contribution in [0.15, 0.2) is 35.7 Å². The second-order valence-corrected chi connectivity index (χ2v) is 4.05. The van der Waals surface area contributed by atoms with Crippen molar-refractivity contribution in [1.29, 1.82) is 0 Å². The van der Waals surface area contributed by atoms with Crippen molar-refractivity contribution in [2.75, 3.05) is 5.32 Å². The molecule has 0 aliphatic heterocycles. The maximum absolute atomic E-state index is 11.9. The van der Waals surface area contributed by atoms with Gasteiger partial charge in [0.1, 0.15) is 0 Å². The molecule has 7 nitrogen and oxygen atoms in total. The summed E-state index contributed by atoms with van der Waals surface area (Å²) in [6, 6.07) is 4.62. The van der Waals surface area contributed by atoms with Crippen molar-refractivity contribution in [2.24, 2.45) is 10.9 Å². The number of nitrogens with one attached hydrogen (secondary N) is 2. The van der Waals surface area contributed by atoms with Crippen molar-refractivity contribution >= 4 is 29.0 Å². The largest absolute Gasteiger partial charge is 0.409 e. The van der Waals surface area contributed by atoms with Gasteiger partial charge in [0.2, 0.25) is 0 Å². The normalized spacial score (nSPS) is 11.3. The molecule has 0 fully saturated rings. The molecular formula is C11H10ClN5O2. The highest BCUT2D eigenvalue weighted by molar-refractivity contribution is 6.31. The van der Waals surface area contributed by atoms with Gasteiger partial charge in [-0.15, -0.1) is 0 Å². The first-order chi connectivity index (χ1) is 9.11. The molecule has 1 heterocycles. The fraction of sp³-hybridized carbons (Fsp3) is 0. The number of amides is 1. The van der Waals surface area contributed by atoms with Crippen LogP contribution in [0.1, 0.15) is 15.9 Å². The molecular weight excluding hydrogens is 270 g/mol. The average molecular weight is 280 g/mol. The van der Waals surface area contributed by atoms with Crippen LogP contribution in [0.5, 0.6) is 0 Å². The predicted octanol–water partition coefficient (Wildman–Crippen LogP) is 1.41. The Hall–Kier alpha value is -2.54. The highest BCUT2D eigenvalue weighted by Crippen LogP contribution is 2.21. The van der Waals surface area contributed by atoms with Crippen LogP contribution in [0.4, 0.5) is 5.69 Å². The molecule has 1 amide bonds. The van der Waals surface area contributed by atoms with E-state index in [4.69, 9.17) is 22.5 Å². The summed E-state index contributed by atoms with van der Waals surface area (Å²) in [6.45, 7) is 0. The van der Waals surface area contributed by atoms with Crippen LogP contribution in [0.2, 0.25) is 5.02 Å². The number of aromatic nitrogens is 2. The summed E-state index contributed by atoms with van der Waals surface area (Å²) >= 11 is 5.86. The van der Waals surface area contributed by atoms with Gasteiger partial charge in [-0.25, -0.2) is 0 Å². The molecule has 1 aromatic carbocycles. The lowest BCUT2D eigenvalue weighted by atomic mass is 10.1. The third kappa shape index (κ3) is 2.83. The van der Waals surface area contributed by atoms with E-state index < -0.39 is 0 Å². The van der Waals surface area contributed by atoms with E-state index in [-0.39, 0.29) is 11.7 Å². The number of hydrogen-bond donors (Lipinski definition) is 4.